The molecule has 0 aromatic heterocycles. The molecule has 24 heavy (non-hydrogen) atoms. The molecule has 2 atom stereocenters. The highest BCUT2D eigenvalue weighted by Crippen LogP contribution is 2.28. The van der Waals surface area contributed by atoms with E-state index in [1.807, 2.05) is 6.07 Å². The first-order valence-electron chi connectivity index (χ1n) is 8.48. The van der Waals surface area contributed by atoms with Crippen LogP contribution in [0.2, 0.25) is 0 Å². The van der Waals surface area contributed by atoms with Gasteiger partial charge < -0.3 is 20.1 Å². The molecule has 6 heteroatoms. The number of rotatable bonds is 7. The SMILES string of the molecule is CCCCOc1ccc(C(=O)NC2CCNCC2C)cc1OC.Cl. The van der Waals surface area contributed by atoms with Gasteiger partial charge in [-0.25, -0.2) is 0 Å². The molecule has 2 N–H and O–H groups in total. The first-order valence-corrected chi connectivity index (χ1v) is 8.48. The molecule has 1 aromatic rings. The number of halogens is 1. The van der Waals surface area contributed by atoms with Crippen LogP contribution in [0.25, 0.3) is 0 Å². The standard InChI is InChI=1S/C18H28N2O3.ClH/c1-4-5-10-23-16-7-6-14(11-17(16)22-3)18(21)20-15-8-9-19-12-13(15)2;/h6-7,11,13,15,19H,4-5,8-10,12H2,1-3H3,(H,20,21);1H. The molecule has 1 amide bonds. The monoisotopic (exact) mass is 356 g/mol. The van der Waals surface area contributed by atoms with Crippen molar-refractivity contribution in [2.75, 3.05) is 26.8 Å². The molecule has 1 fully saturated rings. The summed E-state index contributed by atoms with van der Waals surface area (Å²) in [7, 11) is 1.60. The van der Waals surface area contributed by atoms with Gasteiger partial charge in [0.15, 0.2) is 11.5 Å². The summed E-state index contributed by atoms with van der Waals surface area (Å²) in [6.45, 7) is 6.82. The summed E-state index contributed by atoms with van der Waals surface area (Å²) in [6, 6.07) is 5.58. The largest absolute Gasteiger partial charge is 0.493 e. The fraction of sp³-hybridized carbons (Fsp3) is 0.611. The number of amides is 1. The molecule has 0 spiro atoms. The zero-order valence-corrected chi connectivity index (χ0v) is 15.6. The lowest BCUT2D eigenvalue weighted by Crippen LogP contribution is -2.48. The van der Waals surface area contributed by atoms with Crippen LogP contribution in [0.15, 0.2) is 18.2 Å². The maximum atomic E-state index is 12.5. The van der Waals surface area contributed by atoms with Crippen LogP contribution in [0.5, 0.6) is 11.5 Å². The minimum Gasteiger partial charge on any atom is -0.493 e. The minimum atomic E-state index is -0.0536. The van der Waals surface area contributed by atoms with Gasteiger partial charge in [-0.1, -0.05) is 20.3 Å². The van der Waals surface area contributed by atoms with Crippen LogP contribution in [-0.4, -0.2) is 38.8 Å². The predicted octanol–water partition coefficient (Wildman–Crippen LogP) is 3.02. The maximum Gasteiger partial charge on any atom is 0.251 e. The Morgan fingerprint density at radius 3 is 2.83 bits per heavy atom. The number of carbonyl (C=O) groups excluding carboxylic acids is 1. The molecule has 0 saturated carbocycles. The molecular weight excluding hydrogens is 328 g/mol. The Balaban J connectivity index is 0.00000288. The highest BCUT2D eigenvalue weighted by Gasteiger charge is 2.23. The lowest BCUT2D eigenvalue weighted by molar-refractivity contribution is 0.0914. The van der Waals surface area contributed by atoms with Crippen molar-refractivity contribution >= 4 is 18.3 Å². The predicted molar refractivity (Wildman–Crippen MR) is 98.5 cm³/mol. The second-order valence-electron chi connectivity index (χ2n) is 6.12. The van der Waals surface area contributed by atoms with E-state index in [1.54, 1.807) is 19.2 Å². The Bertz CT molecular complexity index is 525. The highest BCUT2D eigenvalue weighted by atomic mass is 35.5. The number of methoxy groups -OCH3 is 1. The average molecular weight is 357 g/mol. The number of piperidine rings is 1. The van der Waals surface area contributed by atoms with E-state index in [0.717, 1.165) is 32.4 Å². The first kappa shape index (κ1) is 20.6. The zero-order chi connectivity index (χ0) is 16.7. The summed E-state index contributed by atoms with van der Waals surface area (Å²) >= 11 is 0. The third-order valence-corrected chi connectivity index (χ3v) is 4.28. The van der Waals surface area contributed by atoms with Crippen molar-refractivity contribution in [2.45, 2.75) is 39.2 Å². The van der Waals surface area contributed by atoms with Crippen LogP contribution >= 0.6 is 12.4 Å². The van der Waals surface area contributed by atoms with Crippen molar-refractivity contribution in [1.29, 1.82) is 0 Å². The Hall–Kier alpha value is -1.46. The molecule has 1 aromatic carbocycles. The van der Waals surface area contributed by atoms with Gasteiger partial charge >= 0.3 is 0 Å². The summed E-state index contributed by atoms with van der Waals surface area (Å²) in [6.07, 6.45) is 3.04. The topological polar surface area (TPSA) is 59.6 Å². The molecule has 0 radical (unpaired) electrons. The summed E-state index contributed by atoms with van der Waals surface area (Å²) in [5.41, 5.74) is 0.607. The van der Waals surface area contributed by atoms with Gasteiger partial charge in [0.25, 0.3) is 5.91 Å². The van der Waals surface area contributed by atoms with E-state index in [2.05, 4.69) is 24.5 Å². The van der Waals surface area contributed by atoms with Gasteiger partial charge in [0.2, 0.25) is 0 Å². The third kappa shape index (κ3) is 5.56. The maximum absolute atomic E-state index is 12.5. The van der Waals surface area contributed by atoms with Gasteiger partial charge in [-0.2, -0.15) is 0 Å². The van der Waals surface area contributed by atoms with E-state index in [9.17, 15) is 4.79 Å². The van der Waals surface area contributed by atoms with Gasteiger partial charge in [-0.3, -0.25) is 4.79 Å². The molecule has 0 aliphatic carbocycles. The molecule has 1 aliphatic heterocycles. The van der Waals surface area contributed by atoms with Crippen LogP contribution in [0.3, 0.4) is 0 Å². The second kappa shape index (κ2) is 10.4. The molecule has 5 nitrogen and oxygen atoms in total. The smallest absolute Gasteiger partial charge is 0.251 e. The van der Waals surface area contributed by atoms with Crippen LogP contribution in [0, 0.1) is 5.92 Å². The van der Waals surface area contributed by atoms with E-state index in [0.29, 0.717) is 29.6 Å². The lowest BCUT2D eigenvalue weighted by atomic mass is 9.95. The van der Waals surface area contributed by atoms with Crippen LogP contribution in [0.1, 0.15) is 43.5 Å². The number of hydrogen-bond acceptors (Lipinski definition) is 4. The molecule has 1 aliphatic rings. The van der Waals surface area contributed by atoms with Crippen LogP contribution in [-0.2, 0) is 0 Å². The number of unbranched alkanes of at least 4 members (excludes halogenated alkanes) is 1. The molecule has 1 saturated heterocycles. The van der Waals surface area contributed by atoms with Crippen molar-refractivity contribution in [3.05, 3.63) is 23.8 Å². The van der Waals surface area contributed by atoms with Gasteiger partial charge in [0.1, 0.15) is 0 Å². The number of nitrogens with one attached hydrogen (secondary N) is 2. The van der Waals surface area contributed by atoms with Crippen molar-refractivity contribution in [2.24, 2.45) is 5.92 Å². The summed E-state index contributed by atoms with van der Waals surface area (Å²) < 4.78 is 11.1. The number of carbonyl (C=O) groups is 1. The van der Waals surface area contributed by atoms with Crippen molar-refractivity contribution in [3.63, 3.8) is 0 Å². The Morgan fingerprint density at radius 1 is 1.38 bits per heavy atom. The summed E-state index contributed by atoms with van der Waals surface area (Å²) in [4.78, 5) is 12.5. The lowest BCUT2D eigenvalue weighted by Gasteiger charge is -2.30. The molecule has 2 rings (SSSR count). The van der Waals surface area contributed by atoms with Gasteiger partial charge in [-0.15, -0.1) is 12.4 Å². The van der Waals surface area contributed by atoms with Crippen molar-refractivity contribution in [3.8, 4) is 11.5 Å². The minimum absolute atomic E-state index is 0. The Kier molecular flexibility index (Phi) is 8.93. The quantitative estimate of drug-likeness (QED) is 0.737. The fourth-order valence-corrected chi connectivity index (χ4v) is 2.73. The molecule has 136 valence electrons. The van der Waals surface area contributed by atoms with E-state index in [4.69, 9.17) is 9.47 Å². The number of benzene rings is 1. The van der Waals surface area contributed by atoms with E-state index >= 15 is 0 Å². The highest BCUT2D eigenvalue weighted by molar-refractivity contribution is 5.95. The van der Waals surface area contributed by atoms with E-state index < -0.39 is 0 Å². The van der Waals surface area contributed by atoms with Crippen molar-refractivity contribution in [1.82, 2.24) is 10.6 Å². The van der Waals surface area contributed by atoms with Crippen LogP contribution < -0.4 is 20.1 Å². The fourth-order valence-electron chi connectivity index (χ4n) is 2.73. The normalized spacial score (nSPS) is 20.0. The Morgan fingerprint density at radius 2 is 2.17 bits per heavy atom. The Labute approximate surface area is 150 Å². The zero-order valence-electron chi connectivity index (χ0n) is 14.8. The molecule has 2 unspecified atom stereocenters. The van der Waals surface area contributed by atoms with Crippen LogP contribution in [0.4, 0.5) is 0 Å². The first-order chi connectivity index (χ1) is 11.2. The average Bonchev–Trinajstić information content (AvgIpc) is 2.57. The molecule has 0 bridgehead atoms. The molecule has 1 heterocycles. The second-order valence-corrected chi connectivity index (χ2v) is 6.12. The summed E-state index contributed by atoms with van der Waals surface area (Å²) in [5, 5.41) is 6.47. The van der Waals surface area contributed by atoms with Gasteiger partial charge in [0, 0.05) is 11.6 Å². The molecular formula is C18H29ClN2O3. The number of ether oxygens (including phenoxy) is 2. The van der Waals surface area contributed by atoms with Crippen molar-refractivity contribution < 1.29 is 14.3 Å². The summed E-state index contributed by atoms with van der Waals surface area (Å²) in [5.74, 6) is 1.67. The van der Waals surface area contributed by atoms with E-state index in [1.165, 1.54) is 0 Å². The number of hydrogen-bond donors (Lipinski definition) is 2. The van der Waals surface area contributed by atoms with E-state index in [-0.39, 0.29) is 24.4 Å². The third-order valence-electron chi connectivity index (χ3n) is 4.28. The van der Waals surface area contributed by atoms with Gasteiger partial charge in [-0.05, 0) is 50.0 Å². The van der Waals surface area contributed by atoms with Gasteiger partial charge in [0.05, 0.1) is 13.7 Å².